The zero-order valence-corrected chi connectivity index (χ0v) is 20.5. The molecule has 1 saturated heterocycles. The van der Waals surface area contributed by atoms with Gasteiger partial charge in [0.15, 0.2) is 0 Å². The number of carbonyl (C=O) groups excluding carboxylic acids is 1. The van der Waals surface area contributed by atoms with E-state index < -0.39 is 32.5 Å². The van der Waals surface area contributed by atoms with Crippen molar-refractivity contribution in [3.05, 3.63) is 54.1 Å². The number of nitrogens with one attached hydrogen (secondary N) is 1. The van der Waals surface area contributed by atoms with Gasteiger partial charge in [-0.15, -0.1) is 0 Å². The molecule has 0 unspecified atom stereocenters. The van der Waals surface area contributed by atoms with Gasteiger partial charge < -0.3 is 10.1 Å². The first-order chi connectivity index (χ1) is 15.5. The van der Waals surface area contributed by atoms with Gasteiger partial charge in [-0.05, 0) is 47.9 Å². The Labute approximate surface area is 195 Å². The molecule has 1 aliphatic rings. The molecule has 3 rings (SSSR count). The van der Waals surface area contributed by atoms with Gasteiger partial charge in [-0.1, -0.05) is 26.0 Å². The lowest BCUT2D eigenvalue weighted by Crippen LogP contribution is -2.40. The molecule has 11 heteroatoms. The van der Waals surface area contributed by atoms with Crippen molar-refractivity contribution in [3.8, 4) is 0 Å². The van der Waals surface area contributed by atoms with Crippen molar-refractivity contribution >= 4 is 37.3 Å². The van der Waals surface area contributed by atoms with E-state index in [1.807, 2.05) is 12.1 Å². The minimum absolute atomic E-state index is 0.0521. The number of nitrogens with zero attached hydrogens (tertiary/aromatic N) is 2. The van der Waals surface area contributed by atoms with E-state index in [1.165, 1.54) is 28.6 Å². The topological polar surface area (TPSA) is 113 Å². The lowest BCUT2D eigenvalue weighted by Gasteiger charge is -2.26. The largest absolute Gasteiger partial charge is 0.379 e. The minimum Gasteiger partial charge on any atom is -0.379 e. The number of anilines is 2. The van der Waals surface area contributed by atoms with Crippen LogP contribution in [0.1, 0.15) is 25.3 Å². The van der Waals surface area contributed by atoms with Gasteiger partial charge in [0, 0.05) is 18.8 Å². The van der Waals surface area contributed by atoms with Gasteiger partial charge in [0.25, 0.3) is 0 Å². The van der Waals surface area contributed by atoms with Crippen LogP contribution in [0.4, 0.5) is 11.4 Å². The van der Waals surface area contributed by atoms with Crippen LogP contribution in [0.2, 0.25) is 0 Å². The molecule has 1 heterocycles. The third-order valence-electron chi connectivity index (χ3n) is 5.28. The summed E-state index contributed by atoms with van der Waals surface area (Å²) in [5, 5.41) is 2.70. The molecule has 1 amide bonds. The lowest BCUT2D eigenvalue weighted by molar-refractivity contribution is -0.114. The number of hydrogen-bond acceptors (Lipinski definition) is 6. The molecule has 33 heavy (non-hydrogen) atoms. The highest BCUT2D eigenvalue weighted by molar-refractivity contribution is 7.92. The van der Waals surface area contributed by atoms with Crippen LogP contribution in [0.15, 0.2) is 53.4 Å². The van der Waals surface area contributed by atoms with Crippen LogP contribution in [-0.4, -0.2) is 66.2 Å². The number of rotatable bonds is 8. The zero-order chi connectivity index (χ0) is 24.2. The first kappa shape index (κ1) is 25.2. The molecular weight excluding hydrogens is 466 g/mol. The molecule has 0 radical (unpaired) electrons. The maximum absolute atomic E-state index is 12.8. The summed E-state index contributed by atoms with van der Waals surface area (Å²) in [6.07, 6.45) is 0.996. The maximum Gasteiger partial charge on any atom is 0.245 e. The number of benzene rings is 2. The average molecular weight is 496 g/mol. The number of carbonyl (C=O) groups is 1. The third kappa shape index (κ3) is 6.32. The number of amides is 1. The van der Waals surface area contributed by atoms with E-state index in [1.54, 1.807) is 12.1 Å². The van der Waals surface area contributed by atoms with Crippen LogP contribution in [-0.2, 0) is 29.6 Å². The number of sulfonamides is 2. The smallest absolute Gasteiger partial charge is 0.245 e. The zero-order valence-electron chi connectivity index (χ0n) is 18.9. The third-order valence-corrected chi connectivity index (χ3v) is 8.33. The SMILES string of the molecule is CC(C)c1ccc(NC(=O)CN(c2ccc(S(=O)(=O)N3CCOCC3)cc2)S(C)(=O)=O)cc1. The highest BCUT2D eigenvalue weighted by atomic mass is 32.2. The summed E-state index contributed by atoms with van der Waals surface area (Å²) in [6.45, 7) is 4.86. The van der Waals surface area contributed by atoms with E-state index in [0.717, 1.165) is 16.1 Å². The molecular formula is C22H29N3O6S2. The predicted molar refractivity (Wildman–Crippen MR) is 127 cm³/mol. The summed E-state index contributed by atoms with van der Waals surface area (Å²) in [4.78, 5) is 12.6. The lowest BCUT2D eigenvalue weighted by atomic mass is 10.0. The molecule has 1 aliphatic heterocycles. The molecule has 0 saturated carbocycles. The first-order valence-corrected chi connectivity index (χ1v) is 13.8. The van der Waals surface area contributed by atoms with Crippen molar-refractivity contribution in [2.24, 2.45) is 0 Å². The van der Waals surface area contributed by atoms with Crippen molar-refractivity contribution in [1.82, 2.24) is 4.31 Å². The van der Waals surface area contributed by atoms with E-state index in [0.29, 0.717) is 24.8 Å². The Morgan fingerprint density at radius 3 is 2.09 bits per heavy atom. The van der Waals surface area contributed by atoms with Crippen LogP contribution in [0.3, 0.4) is 0 Å². The molecule has 2 aromatic carbocycles. The summed E-state index contributed by atoms with van der Waals surface area (Å²) >= 11 is 0. The van der Waals surface area contributed by atoms with Gasteiger partial charge in [0.2, 0.25) is 26.0 Å². The quantitative estimate of drug-likeness (QED) is 0.601. The normalized spacial score (nSPS) is 15.4. The second-order valence-electron chi connectivity index (χ2n) is 8.10. The Morgan fingerprint density at radius 2 is 1.58 bits per heavy atom. The van der Waals surface area contributed by atoms with E-state index in [4.69, 9.17) is 4.74 Å². The molecule has 0 spiro atoms. The summed E-state index contributed by atoms with van der Waals surface area (Å²) in [6, 6.07) is 12.8. The van der Waals surface area contributed by atoms with Crippen molar-refractivity contribution in [3.63, 3.8) is 0 Å². The predicted octanol–water partition coefficient (Wildman–Crippen LogP) is 2.24. The van der Waals surface area contributed by atoms with Crippen molar-refractivity contribution in [2.45, 2.75) is 24.7 Å². The number of morpholine rings is 1. The molecule has 1 fully saturated rings. The molecule has 0 bridgehead atoms. The monoisotopic (exact) mass is 495 g/mol. The minimum atomic E-state index is -3.80. The van der Waals surface area contributed by atoms with Crippen LogP contribution >= 0.6 is 0 Å². The van der Waals surface area contributed by atoms with Gasteiger partial charge in [0.1, 0.15) is 6.54 Å². The van der Waals surface area contributed by atoms with Crippen molar-refractivity contribution < 1.29 is 26.4 Å². The van der Waals surface area contributed by atoms with Crippen LogP contribution < -0.4 is 9.62 Å². The highest BCUT2D eigenvalue weighted by Gasteiger charge is 2.27. The molecule has 180 valence electrons. The fourth-order valence-corrected chi connectivity index (χ4v) is 5.67. The first-order valence-electron chi connectivity index (χ1n) is 10.5. The van der Waals surface area contributed by atoms with E-state index in [-0.39, 0.29) is 23.7 Å². The molecule has 9 nitrogen and oxygen atoms in total. The fraction of sp³-hybridized carbons (Fsp3) is 0.409. The van der Waals surface area contributed by atoms with Crippen molar-refractivity contribution in [1.29, 1.82) is 0 Å². The van der Waals surface area contributed by atoms with Gasteiger partial charge in [-0.3, -0.25) is 9.10 Å². The second-order valence-corrected chi connectivity index (χ2v) is 11.9. The molecule has 0 aromatic heterocycles. The van der Waals surface area contributed by atoms with Gasteiger partial charge in [-0.25, -0.2) is 16.8 Å². The second kappa shape index (κ2) is 10.2. The Hall–Kier alpha value is -2.47. The molecule has 2 aromatic rings. The summed E-state index contributed by atoms with van der Waals surface area (Å²) in [5.41, 5.74) is 1.88. The van der Waals surface area contributed by atoms with E-state index >= 15 is 0 Å². The number of hydrogen-bond donors (Lipinski definition) is 1. The fourth-order valence-electron chi connectivity index (χ4n) is 3.40. The van der Waals surface area contributed by atoms with Gasteiger partial charge in [0.05, 0.1) is 30.1 Å². The standard InChI is InChI=1S/C22H29N3O6S2/c1-17(2)18-4-6-19(7-5-18)23-22(26)16-25(32(3,27)28)20-8-10-21(11-9-20)33(29,30)24-12-14-31-15-13-24/h4-11,17H,12-16H2,1-3H3,(H,23,26). The Kier molecular flexibility index (Phi) is 7.78. The van der Waals surface area contributed by atoms with E-state index in [9.17, 15) is 21.6 Å². The maximum atomic E-state index is 12.8. The van der Waals surface area contributed by atoms with Crippen LogP contribution in [0, 0.1) is 0 Å². The Morgan fingerprint density at radius 1 is 1.00 bits per heavy atom. The van der Waals surface area contributed by atoms with Crippen molar-refractivity contribution in [2.75, 3.05) is 48.7 Å². The highest BCUT2D eigenvalue weighted by Crippen LogP contribution is 2.23. The van der Waals surface area contributed by atoms with Gasteiger partial charge >= 0.3 is 0 Å². The summed E-state index contributed by atoms with van der Waals surface area (Å²) in [7, 11) is -7.50. The summed E-state index contributed by atoms with van der Waals surface area (Å²) < 4.78 is 57.8. The number of ether oxygens (including phenoxy) is 1. The average Bonchev–Trinajstić information content (AvgIpc) is 2.78. The Balaban J connectivity index is 1.75. The molecule has 0 atom stereocenters. The van der Waals surface area contributed by atoms with Crippen LogP contribution in [0.25, 0.3) is 0 Å². The van der Waals surface area contributed by atoms with E-state index in [2.05, 4.69) is 19.2 Å². The Bertz CT molecular complexity index is 1170. The summed E-state index contributed by atoms with van der Waals surface area (Å²) in [5.74, 6) is -0.159. The molecule has 1 N–H and O–H groups in total. The molecule has 0 aliphatic carbocycles. The van der Waals surface area contributed by atoms with Gasteiger partial charge in [-0.2, -0.15) is 4.31 Å². The van der Waals surface area contributed by atoms with Crippen LogP contribution in [0.5, 0.6) is 0 Å².